The summed E-state index contributed by atoms with van der Waals surface area (Å²) in [7, 11) is 3.46. The predicted molar refractivity (Wildman–Crippen MR) is 83.0 cm³/mol. The fraction of sp³-hybridized carbons (Fsp3) is 0.600. The second-order valence-electron chi connectivity index (χ2n) is 5.98. The Hall–Kier alpha value is -1.62. The van der Waals surface area contributed by atoms with E-state index in [-0.39, 0.29) is 11.3 Å². The number of hydrogen-bond donors (Lipinski definition) is 1. The lowest BCUT2D eigenvalue weighted by Gasteiger charge is -2.32. The molecule has 1 amide bonds. The number of amides is 1. The number of hydrogen-bond acceptors (Lipinski definition) is 4. The van der Waals surface area contributed by atoms with Crippen LogP contribution in [0.5, 0.6) is 0 Å². The third kappa shape index (κ3) is 4.20. The lowest BCUT2D eigenvalue weighted by atomic mass is 9.93. The minimum atomic E-state index is -0.0824. The van der Waals surface area contributed by atoms with Crippen molar-refractivity contribution in [2.45, 2.75) is 20.8 Å². The minimum absolute atomic E-state index is 0.0327. The summed E-state index contributed by atoms with van der Waals surface area (Å²) < 4.78 is 0. The van der Waals surface area contributed by atoms with Crippen molar-refractivity contribution in [3.05, 3.63) is 24.0 Å². The maximum atomic E-state index is 12.0. The summed E-state index contributed by atoms with van der Waals surface area (Å²) in [5.41, 5.74) is 7.32. The van der Waals surface area contributed by atoms with Gasteiger partial charge in [0.15, 0.2) is 0 Å². The first-order chi connectivity index (χ1) is 9.30. The standard InChI is InChI=1S/C15H26N4O/c1-6-19(11-15(2,3)10-16)12-7-8-17-13(9-12)14(20)18(4)5/h7-9H,6,10-11,16H2,1-5H3. The van der Waals surface area contributed by atoms with Gasteiger partial charge in [0, 0.05) is 39.1 Å². The highest BCUT2D eigenvalue weighted by Crippen LogP contribution is 2.21. The topological polar surface area (TPSA) is 62.5 Å². The van der Waals surface area contributed by atoms with Crippen LogP contribution >= 0.6 is 0 Å². The molecule has 112 valence electrons. The highest BCUT2D eigenvalue weighted by molar-refractivity contribution is 5.92. The van der Waals surface area contributed by atoms with Gasteiger partial charge in [-0.15, -0.1) is 0 Å². The van der Waals surface area contributed by atoms with Crippen molar-refractivity contribution >= 4 is 11.6 Å². The van der Waals surface area contributed by atoms with Gasteiger partial charge in [-0.25, -0.2) is 0 Å². The molecule has 1 aromatic rings. The molecule has 1 rings (SSSR count). The first-order valence-electron chi connectivity index (χ1n) is 6.93. The summed E-state index contributed by atoms with van der Waals surface area (Å²) in [4.78, 5) is 19.9. The van der Waals surface area contributed by atoms with Crippen molar-refractivity contribution in [1.29, 1.82) is 0 Å². The average molecular weight is 278 g/mol. The van der Waals surface area contributed by atoms with Crippen LogP contribution in [0.3, 0.4) is 0 Å². The van der Waals surface area contributed by atoms with E-state index in [4.69, 9.17) is 5.73 Å². The van der Waals surface area contributed by atoms with Crippen molar-refractivity contribution in [2.75, 3.05) is 38.6 Å². The largest absolute Gasteiger partial charge is 0.371 e. The van der Waals surface area contributed by atoms with Crippen LogP contribution in [0.25, 0.3) is 0 Å². The van der Waals surface area contributed by atoms with E-state index in [9.17, 15) is 4.79 Å². The van der Waals surface area contributed by atoms with Crippen molar-refractivity contribution in [1.82, 2.24) is 9.88 Å². The summed E-state index contributed by atoms with van der Waals surface area (Å²) in [5, 5.41) is 0. The molecule has 0 unspecified atom stereocenters. The van der Waals surface area contributed by atoms with Crippen LogP contribution in [0.2, 0.25) is 0 Å². The maximum absolute atomic E-state index is 12.0. The molecule has 0 spiro atoms. The van der Waals surface area contributed by atoms with E-state index in [2.05, 4.69) is 30.7 Å². The second kappa shape index (κ2) is 6.70. The molecule has 1 aromatic heterocycles. The zero-order valence-electron chi connectivity index (χ0n) is 13.2. The van der Waals surface area contributed by atoms with Gasteiger partial charge in [-0.3, -0.25) is 9.78 Å². The van der Waals surface area contributed by atoms with E-state index in [0.29, 0.717) is 12.2 Å². The second-order valence-corrected chi connectivity index (χ2v) is 5.98. The van der Waals surface area contributed by atoms with Gasteiger partial charge in [-0.2, -0.15) is 0 Å². The number of nitrogens with zero attached hydrogens (tertiary/aromatic N) is 3. The molecular formula is C15H26N4O. The SMILES string of the molecule is CCN(CC(C)(C)CN)c1ccnc(C(=O)N(C)C)c1. The van der Waals surface area contributed by atoms with Gasteiger partial charge in [0.25, 0.3) is 5.91 Å². The Balaban J connectivity index is 2.99. The first kappa shape index (κ1) is 16.4. The number of carbonyl (C=O) groups excluding carboxylic acids is 1. The average Bonchev–Trinajstić information content (AvgIpc) is 2.44. The lowest BCUT2D eigenvalue weighted by molar-refractivity contribution is 0.0822. The molecule has 0 atom stereocenters. The van der Waals surface area contributed by atoms with Gasteiger partial charge in [0.05, 0.1) is 0 Å². The van der Waals surface area contributed by atoms with Crippen LogP contribution in [-0.4, -0.2) is 49.5 Å². The fourth-order valence-corrected chi connectivity index (χ4v) is 1.93. The summed E-state index contributed by atoms with van der Waals surface area (Å²) in [5.74, 6) is -0.0824. The number of carbonyl (C=O) groups is 1. The summed E-state index contributed by atoms with van der Waals surface area (Å²) in [6.45, 7) is 8.71. The molecule has 0 aliphatic carbocycles. The van der Waals surface area contributed by atoms with Gasteiger partial charge in [0.2, 0.25) is 0 Å². The summed E-state index contributed by atoms with van der Waals surface area (Å²) in [6.07, 6.45) is 1.68. The highest BCUT2D eigenvalue weighted by Gasteiger charge is 2.20. The number of pyridine rings is 1. The lowest BCUT2D eigenvalue weighted by Crippen LogP contribution is -2.39. The summed E-state index contributed by atoms with van der Waals surface area (Å²) in [6, 6.07) is 3.78. The quantitative estimate of drug-likeness (QED) is 0.858. The molecule has 0 saturated heterocycles. The molecule has 0 aliphatic heterocycles. The van der Waals surface area contributed by atoms with E-state index in [0.717, 1.165) is 18.8 Å². The molecule has 0 fully saturated rings. The minimum Gasteiger partial charge on any atom is -0.371 e. The van der Waals surface area contributed by atoms with Crippen molar-refractivity contribution in [3.63, 3.8) is 0 Å². The molecule has 0 aromatic carbocycles. The molecule has 5 heteroatoms. The van der Waals surface area contributed by atoms with E-state index in [1.165, 1.54) is 4.90 Å². The smallest absolute Gasteiger partial charge is 0.272 e. The zero-order chi connectivity index (χ0) is 15.3. The molecule has 20 heavy (non-hydrogen) atoms. The van der Waals surface area contributed by atoms with Gasteiger partial charge in [-0.1, -0.05) is 13.8 Å². The van der Waals surface area contributed by atoms with Crippen molar-refractivity contribution in [3.8, 4) is 0 Å². The number of rotatable bonds is 6. The first-order valence-corrected chi connectivity index (χ1v) is 6.93. The van der Waals surface area contributed by atoms with Crippen LogP contribution in [-0.2, 0) is 0 Å². The molecule has 1 heterocycles. The van der Waals surface area contributed by atoms with Crippen LogP contribution in [0.4, 0.5) is 5.69 Å². The third-order valence-corrected chi connectivity index (χ3v) is 3.29. The third-order valence-electron chi connectivity index (χ3n) is 3.29. The van der Waals surface area contributed by atoms with E-state index in [1.54, 1.807) is 20.3 Å². The molecule has 0 bridgehead atoms. The zero-order valence-corrected chi connectivity index (χ0v) is 13.2. The van der Waals surface area contributed by atoms with Crippen LogP contribution in [0.15, 0.2) is 18.3 Å². The Labute approximate surface area is 121 Å². The Morgan fingerprint density at radius 3 is 2.55 bits per heavy atom. The maximum Gasteiger partial charge on any atom is 0.272 e. The van der Waals surface area contributed by atoms with Gasteiger partial charge in [0.1, 0.15) is 5.69 Å². The normalized spacial score (nSPS) is 11.3. The molecule has 0 aliphatic rings. The number of nitrogens with two attached hydrogens (primary N) is 1. The van der Waals surface area contributed by atoms with Gasteiger partial charge < -0.3 is 15.5 Å². The van der Waals surface area contributed by atoms with Crippen molar-refractivity contribution in [2.24, 2.45) is 11.1 Å². The Kier molecular flexibility index (Phi) is 5.51. The molecular weight excluding hydrogens is 252 g/mol. The molecule has 0 radical (unpaired) electrons. The Bertz CT molecular complexity index is 457. The van der Waals surface area contributed by atoms with E-state index < -0.39 is 0 Å². The number of aromatic nitrogens is 1. The Morgan fingerprint density at radius 1 is 1.40 bits per heavy atom. The predicted octanol–water partition coefficient (Wildman–Crippen LogP) is 1.59. The highest BCUT2D eigenvalue weighted by atomic mass is 16.2. The monoisotopic (exact) mass is 278 g/mol. The van der Waals surface area contributed by atoms with Gasteiger partial charge in [-0.05, 0) is 31.0 Å². The fourth-order valence-electron chi connectivity index (χ4n) is 1.93. The van der Waals surface area contributed by atoms with Crippen molar-refractivity contribution < 1.29 is 4.79 Å². The van der Waals surface area contributed by atoms with E-state index in [1.807, 2.05) is 12.1 Å². The molecule has 5 nitrogen and oxygen atoms in total. The van der Waals surface area contributed by atoms with Crippen LogP contribution in [0, 0.1) is 5.41 Å². The van der Waals surface area contributed by atoms with E-state index >= 15 is 0 Å². The Morgan fingerprint density at radius 2 is 2.05 bits per heavy atom. The molecule has 2 N–H and O–H groups in total. The van der Waals surface area contributed by atoms with Crippen LogP contribution < -0.4 is 10.6 Å². The number of anilines is 1. The molecule has 0 saturated carbocycles. The summed E-state index contributed by atoms with van der Waals surface area (Å²) >= 11 is 0. The van der Waals surface area contributed by atoms with Crippen LogP contribution in [0.1, 0.15) is 31.3 Å². The van der Waals surface area contributed by atoms with Gasteiger partial charge >= 0.3 is 0 Å².